The van der Waals surface area contributed by atoms with Gasteiger partial charge in [-0.05, 0) is 49.8 Å². The lowest BCUT2D eigenvalue weighted by molar-refractivity contribution is -0.132. The number of carbonyl (C=O) groups excluding carboxylic acids is 2. The molecule has 5 heteroatoms. The van der Waals surface area contributed by atoms with Crippen molar-refractivity contribution in [2.24, 2.45) is 5.41 Å². The first kappa shape index (κ1) is 21.3. The summed E-state index contributed by atoms with van der Waals surface area (Å²) in [4.78, 5) is 25.6. The molecular formula is C22H34N2O3. The number of amides is 2. The minimum atomic E-state index is -0.637. The van der Waals surface area contributed by atoms with Crippen LogP contribution in [0.15, 0.2) is 18.2 Å². The van der Waals surface area contributed by atoms with Crippen LogP contribution in [-0.4, -0.2) is 25.0 Å². The molecule has 27 heavy (non-hydrogen) atoms. The van der Waals surface area contributed by atoms with E-state index in [-0.39, 0.29) is 29.7 Å². The predicted molar refractivity (Wildman–Crippen MR) is 109 cm³/mol. The molecule has 0 bridgehead atoms. The third-order valence-electron chi connectivity index (χ3n) is 5.30. The number of rotatable bonds is 6. The van der Waals surface area contributed by atoms with Gasteiger partial charge in [-0.15, -0.1) is 0 Å². The average Bonchev–Trinajstić information content (AvgIpc) is 3.02. The summed E-state index contributed by atoms with van der Waals surface area (Å²) < 4.78 is 5.45. The van der Waals surface area contributed by atoms with Crippen molar-refractivity contribution >= 4 is 17.5 Å². The summed E-state index contributed by atoms with van der Waals surface area (Å²) in [5.74, 6) is 0.497. The molecule has 1 aromatic carbocycles. The molecule has 2 N–H and O–H groups in total. The van der Waals surface area contributed by atoms with Gasteiger partial charge in [-0.3, -0.25) is 9.59 Å². The van der Waals surface area contributed by atoms with Gasteiger partial charge in [0, 0.05) is 12.5 Å². The molecule has 0 unspecified atom stereocenters. The Labute approximate surface area is 163 Å². The molecule has 0 saturated heterocycles. The molecule has 0 aromatic heterocycles. The van der Waals surface area contributed by atoms with Gasteiger partial charge in [0.25, 0.3) is 0 Å². The van der Waals surface area contributed by atoms with Crippen LogP contribution in [0.1, 0.15) is 72.3 Å². The van der Waals surface area contributed by atoms with Gasteiger partial charge >= 0.3 is 0 Å². The van der Waals surface area contributed by atoms with Crippen LogP contribution in [0, 0.1) is 5.41 Å². The third kappa shape index (κ3) is 5.24. The highest BCUT2D eigenvalue weighted by Crippen LogP contribution is 2.43. The Hall–Kier alpha value is -2.04. The molecule has 2 rings (SSSR count). The Morgan fingerprint density at radius 2 is 1.81 bits per heavy atom. The molecule has 1 saturated carbocycles. The maximum absolute atomic E-state index is 13.2. The van der Waals surface area contributed by atoms with Gasteiger partial charge in [0.15, 0.2) is 0 Å². The summed E-state index contributed by atoms with van der Waals surface area (Å²) in [7, 11) is 1.60. The zero-order valence-electron chi connectivity index (χ0n) is 17.6. The zero-order valence-corrected chi connectivity index (χ0v) is 17.6. The van der Waals surface area contributed by atoms with Gasteiger partial charge in [-0.1, -0.05) is 39.7 Å². The Morgan fingerprint density at radius 3 is 2.33 bits per heavy atom. The van der Waals surface area contributed by atoms with Crippen molar-refractivity contribution in [3.05, 3.63) is 23.8 Å². The minimum absolute atomic E-state index is 0.0338. The summed E-state index contributed by atoms with van der Waals surface area (Å²) in [6, 6.07) is 5.97. The SMILES string of the molecule is COc1ccc(C(C)(C)C)cc1NC(=O)C1(CC(=O)NC(C)C)CCCC1. The lowest BCUT2D eigenvalue weighted by Crippen LogP contribution is -2.40. The van der Waals surface area contributed by atoms with E-state index < -0.39 is 5.41 Å². The van der Waals surface area contributed by atoms with Gasteiger partial charge in [0.05, 0.1) is 18.2 Å². The quantitative estimate of drug-likeness (QED) is 0.775. The van der Waals surface area contributed by atoms with Crippen LogP contribution in [0.2, 0.25) is 0 Å². The van der Waals surface area contributed by atoms with E-state index in [1.54, 1.807) is 7.11 Å². The lowest BCUT2D eigenvalue weighted by Gasteiger charge is -2.28. The molecule has 1 fully saturated rings. The highest BCUT2D eigenvalue weighted by atomic mass is 16.5. The molecule has 1 aliphatic carbocycles. The fourth-order valence-corrected chi connectivity index (χ4v) is 3.74. The molecule has 0 atom stereocenters. The maximum atomic E-state index is 13.2. The van der Waals surface area contributed by atoms with Crippen LogP contribution in [0.4, 0.5) is 5.69 Å². The third-order valence-corrected chi connectivity index (χ3v) is 5.30. The van der Waals surface area contributed by atoms with Crippen molar-refractivity contribution in [1.29, 1.82) is 0 Å². The lowest BCUT2D eigenvalue weighted by atomic mass is 9.81. The normalized spacial score (nSPS) is 16.3. The Morgan fingerprint density at radius 1 is 1.19 bits per heavy atom. The van der Waals surface area contributed by atoms with Crippen molar-refractivity contribution in [1.82, 2.24) is 5.32 Å². The number of carbonyl (C=O) groups is 2. The summed E-state index contributed by atoms with van der Waals surface area (Å²) in [6.45, 7) is 10.3. The number of benzene rings is 1. The molecule has 5 nitrogen and oxygen atoms in total. The van der Waals surface area contributed by atoms with Crippen LogP contribution >= 0.6 is 0 Å². The Kier molecular flexibility index (Phi) is 6.55. The van der Waals surface area contributed by atoms with E-state index in [9.17, 15) is 9.59 Å². The molecule has 0 heterocycles. The highest BCUT2D eigenvalue weighted by molar-refractivity contribution is 5.99. The van der Waals surface area contributed by atoms with E-state index in [1.807, 2.05) is 32.0 Å². The summed E-state index contributed by atoms with van der Waals surface area (Å²) in [6.07, 6.45) is 3.67. The van der Waals surface area contributed by atoms with Crippen molar-refractivity contribution in [3.8, 4) is 5.75 Å². The fourth-order valence-electron chi connectivity index (χ4n) is 3.74. The molecule has 2 amide bonds. The number of ether oxygens (including phenoxy) is 1. The first-order chi connectivity index (χ1) is 12.6. The van der Waals surface area contributed by atoms with E-state index >= 15 is 0 Å². The maximum Gasteiger partial charge on any atom is 0.231 e. The van der Waals surface area contributed by atoms with Crippen LogP contribution < -0.4 is 15.4 Å². The Balaban J connectivity index is 2.26. The standard InChI is InChI=1S/C22H34N2O3/c1-15(2)23-19(25)14-22(11-7-8-12-22)20(26)24-17-13-16(21(3,4)5)9-10-18(17)27-6/h9-10,13,15H,7-8,11-12,14H2,1-6H3,(H,23,25)(H,24,26). The van der Waals surface area contributed by atoms with Crippen molar-refractivity contribution in [2.75, 3.05) is 12.4 Å². The van der Waals surface area contributed by atoms with Gasteiger partial charge in [-0.25, -0.2) is 0 Å². The Bertz CT molecular complexity index is 683. The van der Waals surface area contributed by atoms with E-state index in [0.717, 1.165) is 31.2 Å². The molecule has 1 aromatic rings. The minimum Gasteiger partial charge on any atom is -0.495 e. The molecule has 0 aliphatic heterocycles. The summed E-state index contributed by atoms with van der Waals surface area (Å²) in [5, 5.41) is 5.99. The van der Waals surface area contributed by atoms with E-state index in [2.05, 4.69) is 31.4 Å². The van der Waals surface area contributed by atoms with Gasteiger partial charge in [-0.2, -0.15) is 0 Å². The zero-order chi connectivity index (χ0) is 20.2. The second-order valence-corrected chi connectivity index (χ2v) is 9.01. The molecule has 0 radical (unpaired) electrons. The molecule has 1 aliphatic rings. The van der Waals surface area contributed by atoms with Crippen LogP contribution in [-0.2, 0) is 15.0 Å². The monoisotopic (exact) mass is 374 g/mol. The number of hydrogen-bond acceptors (Lipinski definition) is 3. The van der Waals surface area contributed by atoms with Gasteiger partial charge < -0.3 is 15.4 Å². The van der Waals surface area contributed by atoms with Gasteiger partial charge in [0.2, 0.25) is 11.8 Å². The fraction of sp³-hybridized carbons (Fsp3) is 0.636. The predicted octanol–water partition coefficient (Wildman–Crippen LogP) is 4.41. The smallest absolute Gasteiger partial charge is 0.231 e. The topological polar surface area (TPSA) is 67.4 Å². The van der Waals surface area contributed by atoms with Crippen molar-refractivity contribution < 1.29 is 14.3 Å². The van der Waals surface area contributed by atoms with E-state index in [0.29, 0.717) is 11.4 Å². The first-order valence-electron chi connectivity index (χ1n) is 9.87. The second kappa shape index (κ2) is 8.32. The highest BCUT2D eigenvalue weighted by Gasteiger charge is 2.43. The van der Waals surface area contributed by atoms with Crippen LogP contribution in [0.5, 0.6) is 5.75 Å². The van der Waals surface area contributed by atoms with Crippen molar-refractivity contribution in [2.45, 2.75) is 78.2 Å². The van der Waals surface area contributed by atoms with Crippen LogP contribution in [0.3, 0.4) is 0 Å². The van der Waals surface area contributed by atoms with E-state index in [4.69, 9.17) is 4.74 Å². The number of methoxy groups -OCH3 is 1. The number of nitrogens with one attached hydrogen (secondary N) is 2. The van der Waals surface area contributed by atoms with Crippen LogP contribution in [0.25, 0.3) is 0 Å². The molecule has 0 spiro atoms. The largest absolute Gasteiger partial charge is 0.495 e. The summed E-state index contributed by atoms with van der Waals surface area (Å²) >= 11 is 0. The van der Waals surface area contributed by atoms with Gasteiger partial charge in [0.1, 0.15) is 5.75 Å². The molecular weight excluding hydrogens is 340 g/mol. The van der Waals surface area contributed by atoms with Crippen molar-refractivity contribution in [3.63, 3.8) is 0 Å². The average molecular weight is 375 g/mol. The number of anilines is 1. The number of hydrogen-bond donors (Lipinski definition) is 2. The summed E-state index contributed by atoms with van der Waals surface area (Å²) in [5.41, 5.74) is 1.12. The molecule has 150 valence electrons. The first-order valence-corrected chi connectivity index (χ1v) is 9.87. The second-order valence-electron chi connectivity index (χ2n) is 9.01. The van der Waals surface area contributed by atoms with E-state index in [1.165, 1.54) is 0 Å².